The molecule has 1 aromatic heterocycles. The Bertz CT molecular complexity index is 1070. The van der Waals surface area contributed by atoms with Crippen LogP contribution < -0.4 is 4.74 Å². The maximum Gasteiger partial charge on any atom is 0.129 e. The summed E-state index contributed by atoms with van der Waals surface area (Å²) in [5.41, 5.74) is 1.87. The quantitative estimate of drug-likeness (QED) is 0.384. The molecule has 0 fully saturated rings. The number of hydrogen-bond acceptors (Lipinski definition) is 3. The number of aryl methyl sites for hydroxylation is 1. The van der Waals surface area contributed by atoms with Crippen LogP contribution in [0.2, 0.25) is 5.15 Å². The third-order valence-electron chi connectivity index (χ3n) is 4.18. The van der Waals surface area contributed by atoms with Crippen LogP contribution in [0.3, 0.4) is 0 Å². The Morgan fingerprint density at radius 3 is 2.40 bits per heavy atom. The standard InChI is InChI=1S/C21H16ClNO2/c1-13-8-14(9-21(22)23-13)12-25-18-5-7-20-16(11-18)3-2-15-10-17(24)4-6-19(15)20/h2-11,24H,12H2,1H3. The van der Waals surface area contributed by atoms with Crippen molar-refractivity contribution < 1.29 is 9.84 Å². The molecule has 4 aromatic rings. The monoisotopic (exact) mass is 349 g/mol. The van der Waals surface area contributed by atoms with Gasteiger partial charge < -0.3 is 9.84 Å². The lowest BCUT2D eigenvalue weighted by Gasteiger charge is -2.10. The zero-order valence-corrected chi connectivity index (χ0v) is 14.4. The molecular formula is C21H16ClNO2. The zero-order valence-electron chi connectivity index (χ0n) is 13.7. The van der Waals surface area contributed by atoms with E-state index in [1.54, 1.807) is 12.1 Å². The highest BCUT2D eigenvalue weighted by atomic mass is 35.5. The van der Waals surface area contributed by atoms with E-state index in [2.05, 4.69) is 11.1 Å². The summed E-state index contributed by atoms with van der Waals surface area (Å²) in [7, 11) is 0. The van der Waals surface area contributed by atoms with Crippen LogP contribution >= 0.6 is 11.6 Å². The first-order chi connectivity index (χ1) is 12.1. The third kappa shape index (κ3) is 3.24. The molecule has 0 amide bonds. The molecule has 1 heterocycles. The minimum absolute atomic E-state index is 0.276. The molecule has 3 aromatic carbocycles. The van der Waals surface area contributed by atoms with E-state index < -0.39 is 0 Å². The fourth-order valence-electron chi connectivity index (χ4n) is 3.07. The van der Waals surface area contributed by atoms with Crippen molar-refractivity contribution in [2.75, 3.05) is 0 Å². The van der Waals surface area contributed by atoms with E-state index in [1.807, 2.05) is 49.4 Å². The number of aromatic hydroxyl groups is 1. The van der Waals surface area contributed by atoms with Gasteiger partial charge in [-0.1, -0.05) is 35.9 Å². The van der Waals surface area contributed by atoms with Gasteiger partial charge in [-0.2, -0.15) is 0 Å². The molecule has 0 bridgehead atoms. The third-order valence-corrected chi connectivity index (χ3v) is 4.37. The average Bonchev–Trinajstić information content (AvgIpc) is 2.58. The SMILES string of the molecule is Cc1cc(COc2ccc3c(ccc4cc(O)ccc43)c2)cc(Cl)n1. The molecule has 0 unspecified atom stereocenters. The lowest BCUT2D eigenvalue weighted by molar-refractivity contribution is 0.306. The van der Waals surface area contributed by atoms with Gasteiger partial charge in [0.1, 0.15) is 23.3 Å². The molecule has 25 heavy (non-hydrogen) atoms. The topological polar surface area (TPSA) is 42.4 Å². The molecule has 124 valence electrons. The molecule has 3 nitrogen and oxygen atoms in total. The number of phenols is 1. The molecule has 0 aliphatic carbocycles. The smallest absolute Gasteiger partial charge is 0.129 e. The number of pyridine rings is 1. The van der Waals surface area contributed by atoms with E-state index >= 15 is 0 Å². The van der Waals surface area contributed by atoms with Crippen LogP contribution in [0.25, 0.3) is 21.5 Å². The fraction of sp³-hybridized carbons (Fsp3) is 0.0952. The summed E-state index contributed by atoms with van der Waals surface area (Å²) in [5.74, 6) is 1.08. The Labute approximate surface area is 150 Å². The minimum Gasteiger partial charge on any atom is -0.508 e. The number of phenolic OH excluding ortho intramolecular Hbond substituents is 1. The summed E-state index contributed by atoms with van der Waals surface area (Å²) in [5, 5.41) is 14.5. The van der Waals surface area contributed by atoms with E-state index in [0.29, 0.717) is 11.8 Å². The van der Waals surface area contributed by atoms with Crippen LogP contribution in [0.5, 0.6) is 11.5 Å². The molecule has 1 N–H and O–H groups in total. The second-order valence-corrected chi connectivity index (χ2v) is 6.47. The van der Waals surface area contributed by atoms with Crippen molar-refractivity contribution >= 4 is 33.1 Å². The maximum atomic E-state index is 9.63. The Kier molecular flexibility index (Phi) is 3.94. The largest absolute Gasteiger partial charge is 0.508 e. The molecule has 0 saturated carbocycles. The normalized spacial score (nSPS) is 11.1. The maximum absolute atomic E-state index is 9.63. The van der Waals surface area contributed by atoms with E-state index in [1.165, 1.54) is 0 Å². The molecule has 0 spiro atoms. The number of rotatable bonds is 3. The Morgan fingerprint density at radius 1 is 0.920 bits per heavy atom. The van der Waals surface area contributed by atoms with E-state index in [9.17, 15) is 5.11 Å². The second-order valence-electron chi connectivity index (χ2n) is 6.08. The molecule has 0 aliphatic heterocycles. The molecule has 0 aliphatic rings. The van der Waals surface area contributed by atoms with Gasteiger partial charge in [-0.15, -0.1) is 0 Å². The van der Waals surface area contributed by atoms with Crippen molar-refractivity contribution in [1.82, 2.24) is 4.98 Å². The van der Waals surface area contributed by atoms with Crippen LogP contribution in [0.4, 0.5) is 0 Å². The van der Waals surface area contributed by atoms with Crippen LogP contribution in [-0.4, -0.2) is 10.1 Å². The average molecular weight is 350 g/mol. The second kappa shape index (κ2) is 6.26. The zero-order chi connectivity index (χ0) is 17.4. The van der Waals surface area contributed by atoms with Gasteiger partial charge in [0.05, 0.1) is 0 Å². The first kappa shape index (κ1) is 15.7. The number of benzene rings is 3. The first-order valence-electron chi connectivity index (χ1n) is 8.00. The molecular weight excluding hydrogens is 334 g/mol. The summed E-state index contributed by atoms with van der Waals surface area (Å²) in [6.07, 6.45) is 0. The van der Waals surface area contributed by atoms with Gasteiger partial charge in [0, 0.05) is 5.69 Å². The number of hydrogen-bond donors (Lipinski definition) is 1. The van der Waals surface area contributed by atoms with E-state index in [-0.39, 0.29) is 5.75 Å². The van der Waals surface area contributed by atoms with Crippen molar-refractivity contribution in [3.63, 3.8) is 0 Å². The molecule has 0 atom stereocenters. The van der Waals surface area contributed by atoms with Gasteiger partial charge in [0.15, 0.2) is 0 Å². The van der Waals surface area contributed by atoms with Gasteiger partial charge in [-0.25, -0.2) is 4.98 Å². The fourth-order valence-corrected chi connectivity index (χ4v) is 3.35. The van der Waals surface area contributed by atoms with Crippen LogP contribution in [-0.2, 0) is 6.61 Å². The highest BCUT2D eigenvalue weighted by Crippen LogP contribution is 2.30. The van der Waals surface area contributed by atoms with Gasteiger partial charge in [0.2, 0.25) is 0 Å². The van der Waals surface area contributed by atoms with Gasteiger partial charge in [0.25, 0.3) is 0 Å². The molecule has 0 saturated heterocycles. The Morgan fingerprint density at radius 2 is 1.64 bits per heavy atom. The van der Waals surface area contributed by atoms with E-state index in [4.69, 9.17) is 16.3 Å². The summed E-state index contributed by atoms with van der Waals surface area (Å²) >= 11 is 5.99. The van der Waals surface area contributed by atoms with Gasteiger partial charge in [-0.3, -0.25) is 0 Å². The van der Waals surface area contributed by atoms with Crippen LogP contribution in [0.15, 0.2) is 60.7 Å². The van der Waals surface area contributed by atoms with Crippen molar-refractivity contribution in [3.05, 3.63) is 77.1 Å². The Hall–Kier alpha value is -2.78. The summed E-state index contributed by atoms with van der Waals surface area (Å²) < 4.78 is 5.91. The van der Waals surface area contributed by atoms with E-state index in [0.717, 1.165) is 38.6 Å². The van der Waals surface area contributed by atoms with Gasteiger partial charge in [-0.05, 0) is 70.4 Å². The van der Waals surface area contributed by atoms with Crippen LogP contribution in [0, 0.1) is 6.92 Å². The number of halogens is 1. The predicted molar refractivity (Wildman–Crippen MR) is 101 cm³/mol. The molecule has 4 heteroatoms. The Balaban J connectivity index is 1.65. The highest BCUT2D eigenvalue weighted by molar-refractivity contribution is 6.29. The highest BCUT2D eigenvalue weighted by Gasteiger charge is 2.05. The lowest BCUT2D eigenvalue weighted by atomic mass is 10.0. The number of aromatic nitrogens is 1. The van der Waals surface area contributed by atoms with Gasteiger partial charge >= 0.3 is 0 Å². The number of fused-ring (bicyclic) bond motifs is 3. The predicted octanol–water partition coefficient (Wildman–Crippen LogP) is 5.63. The summed E-state index contributed by atoms with van der Waals surface area (Å²) in [4.78, 5) is 4.16. The first-order valence-corrected chi connectivity index (χ1v) is 8.38. The number of nitrogens with zero attached hydrogens (tertiary/aromatic N) is 1. The summed E-state index contributed by atoms with van der Waals surface area (Å²) in [6, 6.07) is 19.3. The number of ether oxygens (including phenoxy) is 1. The molecule has 4 rings (SSSR count). The van der Waals surface area contributed by atoms with Crippen LogP contribution in [0.1, 0.15) is 11.3 Å². The molecule has 0 radical (unpaired) electrons. The van der Waals surface area contributed by atoms with Crippen molar-refractivity contribution in [1.29, 1.82) is 0 Å². The van der Waals surface area contributed by atoms with Crippen molar-refractivity contribution in [2.45, 2.75) is 13.5 Å². The summed E-state index contributed by atoms with van der Waals surface area (Å²) in [6.45, 7) is 2.35. The lowest BCUT2D eigenvalue weighted by Crippen LogP contribution is -1.97. The minimum atomic E-state index is 0.276. The van der Waals surface area contributed by atoms with Crippen molar-refractivity contribution in [3.8, 4) is 11.5 Å². The van der Waals surface area contributed by atoms with Crippen molar-refractivity contribution in [2.24, 2.45) is 0 Å².